The van der Waals surface area contributed by atoms with Gasteiger partial charge in [-0.05, 0) is 545 Å². The molecule has 20 heteroatoms. The molecule has 0 saturated heterocycles. The number of fused-ring (bicyclic) bond motifs is 10. The number of carbonyl (C=O) groups is 5. The summed E-state index contributed by atoms with van der Waals surface area (Å²) in [6.45, 7) is 8.73. The highest BCUT2D eigenvalue weighted by molar-refractivity contribution is 7.89. The zero-order valence-electron chi connectivity index (χ0n) is 81.5. The van der Waals surface area contributed by atoms with E-state index in [0.29, 0.717) is 80.3 Å². The number of hydrazine groups is 1. The Labute approximate surface area is 802 Å². The molecular weight excluding hydrogens is 1710 g/mol. The average molecular weight is 1870 g/mol. The van der Waals surface area contributed by atoms with Gasteiger partial charge in [-0.3, -0.25) is 34.5 Å². The number of aromatic amines is 1. The van der Waals surface area contributed by atoms with Gasteiger partial charge in [0, 0.05) is 42.2 Å². The molecule has 18 nitrogen and oxygen atoms in total. The number of hydrogen-bond donors (Lipinski definition) is 10. The Hall–Kier alpha value is -4.92. The minimum absolute atomic E-state index is 0.0114. The third-order valence-corrected chi connectivity index (χ3v) is 50.8. The van der Waals surface area contributed by atoms with Crippen molar-refractivity contribution in [1.29, 1.82) is 0 Å². The normalized spacial score (nSPS) is 52.0. The number of aliphatic hydroxyl groups is 2. The van der Waals surface area contributed by atoms with E-state index in [1.54, 1.807) is 45.4 Å². The summed E-state index contributed by atoms with van der Waals surface area (Å²) in [5, 5.41) is 55.5. The number of H-pyrrole nitrogens is 1. The highest BCUT2D eigenvalue weighted by Crippen LogP contribution is 2.85. The Kier molecular flexibility index (Phi) is 20.5. The van der Waals surface area contributed by atoms with E-state index in [9.17, 15) is 42.6 Å². The smallest absolute Gasteiger partial charge is 0.303 e. The van der Waals surface area contributed by atoms with E-state index in [0.717, 1.165) is 173 Å². The molecule has 36 unspecified atom stereocenters. The summed E-state index contributed by atoms with van der Waals surface area (Å²) in [5.41, 5.74) is 14.6. The quantitative estimate of drug-likeness (QED) is 0.0293. The molecule has 3 aromatic rings. The summed E-state index contributed by atoms with van der Waals surface area (Å²) in [4.78, 5) is 56.8. The second-order valence-electron chi connectivity index (χ2n) is 56.2. The predicted octanol–water partition coefficient (Wildman–Crippen LogP) is 21.6. The lowest BCUT2D eigenvalue weighted by Crippen LogP contribution is -2.58. The molecule has 1 heterocycles. The molecule has 32 aliphatic carbocycles. The van der Waals surface area contributed by atoms with Crippen LogP contribution in [0, 0.1) is 189 Å². The third-order valence-electron chi connectivity index (χ3n) is 49.5. The van der Waals surface area contributed by atoms with Gasteiger partial charge in [0.15, 0.2) is 5.69 Å². The molecule has 35 rings (SSSR count). The van der Waals surface area contributed by atoms with Crippen LogP contribution in [0.4, 0.5) is 5.69 Å². The largest absolute Gasteiger partial charge is 0.481 e. The number of primary sulfonamides is 1. The van der Waals surface area contributed by atoms with E-state index in [1.165, 1.54) is 267 Å². The number of aliphatic hydroxyl groups excluding tert-OH is 2. The standard InChI is InChI=1S/C19H23NO.C17H21NO2S.C15H20N4O.C13H20O2.2C13H20O.C12H18ClNO.C12H18O2/c1-12(21)20-17-4-2-14(3-5-17)18-8-13-6-15-7-16(10-18)19(15,9-13)11-18;18-21(19,20)15-3-1-12(2-4-15)16-7-11-5-13-6-14(9-16)17(13,8-11)10-16;16-17-13(20)11-3-12(19-18-11)14-4-8-1-9-2-10(6-14)15(9,5-8)7-14;1-2-13-5-9-3-10(13)6-12(4-9,8-13)7-11(14)15;1-8(14)12-4-9-2-10-3-11(6-12)13(10,5-9)7-12;14-2-1-12-5-9-3-10-4-11(7-12)13(10,6-9)8-12;1-14-10(15)11-3-8-2-9(4-11)6-12(13,5-8)7-11;1-11-3-8-2-9(11)5-12(4-8,7-11)6-10(13)14/h2-5,13,15-16H,6-11H2,1H3,(H,20,21);1-4,11,13-14H,5-10H2,(H2,18,19,20);3,8-10H,1-2,4-7,16H2,(H,17,20)(H,18,19);9-10H,2-8H2,1H3,(H,14,15);8-11,14H,2-7H2,1H3;9-11,14H,1-8H2;8-9H,2-7H2,1H3,(H,14,15);8-9H,2-7H2,1H3,(H,13,14). The van der Waals surface area contributed by atoms with Gasteiger partial charge in [-0.1, -0.05) is 44.5 Å². The van der Waals surface area contributed by atoms with Crippen LogP contribution in [0.1, 0.15) is 376 Å². The number of carbonyl (C=O) groups excluding carboxylic acids is 3. The van der Waals surface area contributed by atoms with Crippen molar-refractivity contribution in [3.05, 3.63) is 77.1 Å². The van der Waals surface area contributed by atoms with Crippen molar-refractivity contribution in [2.75, 3.05) is 19.0 Å². The predicted molar refractivity (Wildman–Crippen MR) is 515 cm³/mol. The number of carboxylic acids is 2. The molecule has 1 aromatic heterocycles. The number of nitrogens with two attached hydrogens (primary N) is 2. The number of carboxylic acid groups (broad SMARTS) is 2. The maximum absolute atomic E-state index is 12.0. The maximum Gasteiger partial charge on any atom is 0.303 e. The Morgan fingerprint density at radius 1 is 0.485 bits per heavy atom. The summed E-state index contributed by atoms with van der Waals surface area (Å²) in [5.74, 6) is 23.9. The van der Waals surface area contributed by atoms with Gasteiger partial charge < -0.3 is 31.1 Å². The second kappa shape index (κ2) is 30.3. The minimum Gasteiger partial charge on any atom is -0.481 e. The number of amides is 3. The zero-order valence-corrected chi connectivity index (χ0v) is 83.1. The number of nitrogens with one attached hydrogen (secondary N) is 4. The number of alkyl halides is 1. The summed E-state index contributed by atoms with van der Waals surface area (Å²) < 4.78 is 22.9. The fourth-order valence-corrected chi connectivity index (χ4v) is 48.2. The van der Waals surface area contributed by atoms with E-state index in [-0.39, 0.29) is 55.3 Å². The number of aromatic nitrogens is 2. The number of nitrogens with zero attached hydrogens (tertiary/aromatic N) is 1. The molecule has 32 saturated carbocycles. The summed E-state index contributed by atoms with van der Waals surface area (Å²) in [6.07, 6.45) is 65.8. The maximum atomic E-state index is 12.0. The number of hydrogen-bond acceptors (Lipinski definition) is 11. The first-order chi connectivity index (χ1) is 63.7. The summed E-state index contributed by atoms with van der Waals surface area (Å²) in [6, 6.07) is 18.1. The van der Waals surface area contributed by atoms with Gasteiger partial charge in [0.1, 0.15) is 0 Å². The lowest BCUT2D eigenvalue weighted by atomic mass is 9.49. The third kappa shape index (κ3) is 13.6. The van der Waals surface area contributed by atoms with Gasteiger partial charge in [0.05, 0.1) is 29.3 Å². The molecule has 730 valence electrons. The van der Waals surface area contributed by atoms with Gasteiger partial charge in [0.2, 0.25) is 21.8 Å². The number of rotatable bonds is 15. The number of anilines is 1. The molecule has 27 bridgehead atoms. The SMILES string of the molecule is CC(=O)Nc1ccc(C23CC4CC5CC(C2)C5(C4)C3)cc1.CC(O)C12CC3CC4CC(C1)C4(C3)C2.CC12CC3CC1CC(CC(=O)O)(C3)C2.CCC12CC3CC1CC(CC(=O)O)(C3)C2.CNC(=O)C12CC3CC(CC(Cl)(C3)C1)C2.NNC(=O)c1cc(C23CC4CC5CC(C2)C5(C4)C3)[nH]n1.NS(=O)(=O)c1ccc(C23CC4CC5CC(C2)C5(C4)C3)cc1.OCCC12CC3CC4CC(C1)C4(C3)C2. The topological polar surface area (TPSA) is 317 Å². The van der Waals surface area contributed by atoms with Crippen LogP contribution in [0.2, 0.25) is 0 Å². The van der Waals surface area contributed by atoms with Gasteiger partial charge in [-0.15, -0.1) is 11.6 Å². The van der Waals surface area contributed by atoms with Crippen LogP contribution in [0.5, 0.6) is 0 Å². The average Bonchev–Trinajstić information content (AvgIpc) is 1.51. The zero-order chi connectivity index (χ0) is 92.5. The highest BCUT2D eigenvalue weighted by atomic mass is 35.5. The van der Waals surface area contributed by atoms with Crippen LogP contribution >= 0.6 is 11.6 Å². The van der Waals surface area contributed by atoms with Crippen LogP contribution in [0.3, 0.4) is 0 Å². The first kappa shape index (κ1) is 90.4. The molecule has 5 spiro atoms. The Morgan fingerprint density at radius 2 is 0.925 bits per heavy atom. The first-order valence-corrected chi connectivity index (χ1v) is 56.9. The van der Waals surface area contributed by atoms with Crippen LogP contribution in [0.25, 0.3) is 0 Å². The van der Waals surface area contributed by atoms with Gasteiger partial charge >= 0.3 is 11.9 Å². The number of benzene rings is 2. The molecule has 36 atom stereocenters. The number of nitrogen functional groups attached to an aromatic ring is 1. The lowest BCUT2D eigenvalue weighted by Gasteiger charge is -2.59. The molecule has 134 heavy (non-hydrogen) atoms. The van der Waals surface area contributed by atoms with Crippen molar-refractivity contribution in [3.63, 3.8) is 0 Å². The molecule has 0 radical (unpaired) electrons. The van der Waals surface area contributed by atoms with Crippen LogP contribution < -0.4 is 27.0 Å². The van der Waals surface area contributed by atoms with Crippen molar-refractivity contribution in [3.8, 4) is 0 Å². The van der Waals surface area contributed by atoms with E-state index < -0.39 is 22.0 Å². The molecule has 32 fully saturated rings. The molecule has 32 aliphatic rings. The fraction of sp³-hybridized carbons (Fsp3) is 0.825. The van der Waals surface area contributed by atoms with Crippen molar-refractivity contribution >= 4 is 57.0 Å². The van der Waals surface area contributed by atoms with Crippen molar-refractivity contribution < 1.29 is 52.8 Å². The molecule has 3 amide bonds. The van der Waals surface area contributed by atoms with E-state index in [1.807, 2.05) is 25.1 Å². The minimum atomic E-state index is -3.58. The summed E-state index contributed by atoms with van der Waals surface area (Å²) in [7, 11) is -1.83. The fourth-order valence-electron chi connectivity index (χ4n) is 47.0. The number of halogens is 1. The molecule has 12 N–H and O–H groups in total. The molecule has 2 aromatic carbocycles. The Balaban J connectivity index is 0.0000000824. The first-order valence-electron chi connectivity index (χ1n) is 54.9. The number of sulfonamides is 1. The lowest BCUT2D eigenvalue weighted by molar-refractivity contribution is -0.144. The molecular formula is C114H160ClN7O11S. The summed E-state index contributed by atoms with van der Waals surface area (Å²) >= 11 is 6.64. The van der Waals surface area contributed by atoms with Crippen LogP contribution in [-0.2, 0) is 45.4 Å². The van der Waals surface area contributed by atoms with Gasteiger partial charge in [0.25, 0.3) is 5.91 Å². The number of aliphatic carboxylic acids is 2. The van der Waals surface area contributed by atoms with Gasteiger partial charge in [-0.2, -0.15) is 5.10 Å². The van der Waals surface area contributed by atoms with Crippen molar-refractivity contribution in [1.82, 2.24) is 20.9 Å². The monoisotopic (exact) mass is 1870 g/mol. The van der Waals surface area contributed by atoms with E-state index >= 15 is 0 Å². The Bertz CT molecular complexity index is 5340. The van der Waals surface area contributed by atoms with E-state index in [2.05, 4.69) is 64.4 Å². The second-order valence-corrected chi connectivity index (χ2v) is 58.6. The van der Waals surface area contributed by atoms with E-state index in [4.69, 9.17) is 32.8 Å². The van der Waals surface area contributed by atoms with Crippen molar-refractivity contribution in [2.45, 2.75) is 381 Å². The van der Waals surface area contributed by atoms with Gasteiger partial charge in [-0.25, -0.2) is 19.4 Å². The molecule has 0 aliphatic heterocycles. The van der Waals surface area contributed by atoms with Crippen LogP contribution in [0.15, 0.2) is 59.5 Å². The van der Waals surface area contributed by atoms with Crippen LogP contribution in [-0.4, -0.2) is 93.3 Å². The van der Waals surface area contributed by atoms with Crippen molar-refractivity contribution in [2.24, 2.45) is 200 Å². The highest BCUT2D eigenvalue weighted by Gasteiger charge is 2.77. The Morgan fingerprint density at radius 3 is 1.42 bits per heavy atom.